The van der Waals surface area contributed by atoms with E-state index >= 15 is 0 Å². The van der Waals surface area contributed by atoms with E-state index in [-0.39, 0.29) is 11.9 Å². The van der Waals surface area contributed by atoms with Gasteiger partial charge in [-0.25, -0.2) is 0 Å². The summed E-state index contributed by atoms with van der Waals surface area (Å²) >= 11 is 0. The lowest BCUT2D eigenvalue weighted by molar-refractivity contribution is 0.0560. The summed E-state index contributed by atoms with van der Waals surface area (Å²) in [5, 5.41) is 3.86. The molecular weight excluding hydrogens is 310 g/mol. The molecule has 4 rings (SSSR count). The predicted molar refractivity (Wildman–Crippen MR) is 84.1 cm³/mol. The summed E-state index contributed by atoms with van der Waals surface area (Å²) in [7, 11) is 0. The van der Waals surface area contributed by atoms with Gasteiger partial charge in [0, 0.05) is 12.1 Å². The molecule has 3 heterocycles. The topological polar surface area (TPSA) is 77.7 Å². The van der Waals surface area contributed by atoms with Gasteiger partial charge in [0.25, 0.3) is 5.91 Å². The maximum atomic E-state index is 13.0. The second-order valence-corrected chi connectivity index (χ2v) is 6.05. The van der Waals surface area contributed by atoms with Crippen LogP contribution in [0.1, 0.15) is 47.4 Å². The van der Waals surface area contributed by atoms with E-state index in [9.17, 15) is 4.79 Å². The number of aromatic nitrogens is 2. The van der Waals surface area contributed by atoms with Gasteiger partial charge < -0.3 is 18.9 Å². The first kappa shape index (κ1) is 15.0. The van der Waals surface area contributed by atoms with Crippen LogP contribution in [-0.4, -0.2) is 40.7 Å². The second kappa shape index (κ2) is 6.14. The molecule has 0 bridgehead atoms. The molecule has 0 radical (unpaired) electrons. The largest absolute Gasteiger partial charge is 0.486 e. The Labute approximate surface area is 139 Å². The van der Waals surface area contributed by atoms with Gasteiger partial charge in [-0.15, -0.1) is 0 Å². The highest BCUT2D eigenvalue weighted by atomic mass is 16.6. The van der Waals surface area contributed by atoms with Crippen molar-refractivity contribution in [1.29, 1.82) is 0 Å². The molecule has 1 aromatic heterocycles. The number of amides is 1. The minimum absolute atomic E-state index is 0.0486. The maximum Gasteiger partial charge on any atom is 0.254 e. The average molecular weight is 329 g/mol. The normalized spacial score (nSPS) is 20.0. The van der Waals surface area contributed by atoms with Gasteiger partial charge in [0.1, 0.15) is 19.3 Å². The molecule has 1 aromatic carbocycles. The van der Waals surface area contributed by atoms with Gasteiger partial charge in [0.15, 0.2) is 17.3 Å². The fourth-order valence-electron chi connectivity index (χ4n) is 3.22. The lowest BCUT2D eigenvalue weighted by atomic mass is 10.0. The molecule has 1 amide bonds. The molecule has 2 aliphatic heterocycles. The Bertz CT molecular complexity index is 758. The molecule has 7 nitrogen and oxygen atoms in total. The number of nitrogens with zero attached hydrogens (tertiary/aromatic N) is 3. The highest BCUT2D eigenvalue weighted by Gasteiger charge is 2.32. The van der Waals surface area contributed by atoms with Gasteiger partial charge in [-0.3, -0.25) is 4.79 Å². The van der Waals surface area contributed by atoms with Gasteiger partial charge in [0.2, 0.25) is 5.89 Å². The number of benzene rings is 1. The summed E-state index contributed by atoms with van der Waals surface area (Å²) in [4.78, 5) is 19.2. The van der Waals surface area contributed by atoms with Gasteiger partial charge in [-0.1, -0.05) is 5.16 Å². The first-order valence-electron chi connectivity index (χ1n) is 8.23. The summed E-state index contributed by atoms with van der Waals surface area (Å²) in [6.45, 7) is 3.49. The molecule has 0 spiro atoms. The SMILES string of the molecule is Cc1noc(C2CCCCN2C(=O)c2ccc3c(c2)OCCO3)n1. The third-order valence-corrected chi connectivity index (χ3v) is 4.38. The van der Waals surface area contributed by atoms with Crippen molar-refractivity contribution < 1.29 is 18.8 Å². The average Bonchev–Trinajstić information content (AvgIpc) is 3.07. The first-order chi connectivity index (χ1) is 11.7. The molecule has 1 fully saturated rings. The van der Waals surface area contributed by atoms with Crippen LogP contribution in [0.3, 0.4) is 0 Å². The summed E-state index contributed by atoms with van der Waals surface area (Å²) in [6.07, 6.45) is 2.84. The van der Waals surface area contributed by atoms with Crippen molar-refractivity contribution in [3.63, 3.8) is 0 Å². The zero-order valence-corrected chi connectivity index (χ0v) is 13.5. The number of likely N-dealkylation sites (tertiary alicyclic amines) is 1. The van der Waals surface area contributed by atoms with E-state index in [0.29, 0.717) is 48.5 Å². The summed E-state index contributed by atoms with van der Waals surface area (Å²) < 4.78 is 16.4. The van der Waals surface area contributed by atoms with Crippen molar-refractivity contribution in [2.45, 2.75) is 32.2 Å². The monoisotopic (exact) mass is 329 g/mol. The Balaban J connectivity index is 1.62. The van der Waals surface area contributed by atoms with Crippen LogP contribution in [0.25, 0.3) is 0 Å². The lowest BCUT2D eigenvalue weighted by Gasteiger charge is -2.33. The van der Waals surface area contributed by atoms with Crippen LogP contribution < -0.4 is 9.47 Å². The molecule has 2 aromatic rings. The second-order valence-electron chi connectivity index (χ2n) is 6.05. The van der Waals surface area contributed by atoms with Crippen LogP contribution in [0.2, 0.25) is 0 Å². The number of aryl methyl sites for hydroxylation is 1. The van der Waals surface area contributed by atoms with Crippen LogP contribution in [0.4, 0.5) is 0 Å². The minimum atomic E-state index is -0.166. The van der Waals surface area contributed by atoms with Gasteiger partial charge in [0.05, 0.1) is 0 Å². The fraction of sp³-hybridized carbons (Fsp3) is 0.471. The van der Waals surface area contributed by atoms with Crippen LogP contribution >= 0.6 is 0 Å². The predicted octanol–water partition coefficient (Wildman–Crippen LogP) is 2.52. The minimum Gasteiger partial charge on any atom is -0.486 e. The Kier molecular flexibility index (Phi) is 3.84. The van der Waals surface area contributed by atoms with Crippen LogP contribution in [-0.2, 0) is 0 Å². The molecule has 2 aliphatic rings. The Morgan fingerprint density at radius 1 is 1.21 bits per heavy atom. The van der Waals surface area contributed by atoms with E-state index in [1.165, 1.54) is 0 Å². The number of hydrogen-bond acceptors (Lipinski definition) is 6. The third kappa shape index (κ3) is 2.70. The summed E-state index contributed by atoms with van der Waals surface area (Å²) in [5.74, 6) is 2.35. The Morgan fingerprint density at radius 3 is 2.83 bits per heavy atom. The third-order valence-electron chi connectivity index (χ3n) is 4.38. The van der Waals surface area contributed by atoms with E-state index in [2.05, 4.69) is 10.1 Å². The summed E-state index contributed by atoms with van der Waals surface area (Å²) in [5.41, 5.74) is 0.586. The quantitative estimate of drug-likeness (QED) is 0.842. The summed E-state index contributed by atoms with van der Waals surface area (Å²) in [6, 6.07) is 5.15. The maximum absolute atomic E-state index is 13.0. The number of carbonyl (C=O) groups excluding carboxylic acids is 1. The fourth-order valence-corrected chi connectivity index (χ4v) is 3.22. The standard InChI is InChI=1S/C17H19N3O4/c1-11-18-16(24-19-11)13-4-2-3-7-20(13)17(21)12-5-6-14-15(10-12)23-9-8-22-14/h5-6,10,13H,2-4,7-9H2,1H3. The lowest BCUT2D eigenvalue weighted by Crippen LogP contribution is -2.38. The molecule has 0 aliphatic carbocycles. The molecule has 7 heteroatoms. The number of carbonyl (C=O) groups is 1. The molecule has 0 N–H and O–H groups in total. The zero-order valence-electron chi connectivity index (χ0n) is 13.5. The molecule has 126 valence electrons. The molecule has 1 unspecified atom stereocenters. The van der Waals surface area contributed by atoms with Crippen LogP contribution in [0.15, 0.2) is 22.7 Å². The van der Waals surface area contributed by atoms with Crippen molar-refractivity contribution in [3.8, 4) is 11.5 Å². The molecule has 24 heavy (non-hydrogen) atoms. The van der Waals surface area contributed by atoms with Crippen LogP contribution in [0, 0.1) is 6.92 Å². The van der Waals surface area contributed by atoms with Crippen molar-refractivity contribution >= 4 is 5.91 Å². The van der Waals surface area contributed by atoms with Crippen molar-refractivity contribution in [3.05, 3.63) is 35.5 Å². The first-order valence-corrected chi connectivity index (χ1v) is 8.23. The molecular formula is C17H19N3O4. The molecule has 1 atom stereocenters. The van der Waals surface area contributed by atoms with Gasteiger partial charge in [-0.2, -0.15) is 4.98 Å². The number of hydrogen-bond donors (Lipinski definition) is 0. The van der Waals surface area contributed by atoms with Crippen LogP contribution in [0.5, 0.6) is 11.5 Å². The van der Waals surface area contributed by atoms with E-state index in [4.69, 9.17) is 14.0 Å². The Hall–Kier alpha value is -2.57. The van der Waals surface area contributed by atoms with E-state index < -0.39 is 0 Å². The van der Waals surface area contributed by atoms with Crippen molar-refractivity contribution in [1.82, 2.24) is 15.0 Å². The van der Waals surface area contributed by atoms with Gasteiger partial charge >= 0.3 is 0 Å². The Morgan fingerprint density at radius 2 is 2.04 bits per heavy atom. The van der Waals surface area contributed by atoms with E-state index in [0.717, 1.165) is 19.3 Å². The number of piperidine rings is 1. The number of fused-ring (bicyclic) bond motifs is 1. The van der Waals surface area contributed by atoms with E-state index in [1.807, 2.05) is 4.90 Å². The molecule has 0 saturated carbocycles. The number of ether oxygens (including phenoxy) is 2. The smallest absolute Gasteiger partial charge is 0.254 e. The molecule has 1 saturated heterocycles. The highest BCUT2D eigenvalue weighted by molar-refractivity contribution is 5.95. The number of rotatable bonds is 2. The zero-order chi connectivity index (χ0) is 16.5. The highest BCUT2D eigenvalue weighted by Crippen LogP contribution is 2.34. The van der Waals surface area contributed by atoms with Crippen molar-refractivity contribution in [2.75, 3.05) is 19.8 Å². The van der Waals surface area contributed by atoms with E-state index in [1.54, 1.807) is 25.1 Å². The van der Waals surface area contributed by atoms with Crippen molar-refractivity contribution in [2.24, 2.45) is 0 Å². The van der Waals surface area contributed by atoms with Gasteiger partial charge in [-0.05, 0) is 44.4 Å².